The second kappa shape index (κ2) is 4.25. The van der Waals surface area contributed by atoms with E-state index in [2.05, 4.69) is 0 Å². The molecule has 1 heterocycles. The Hall–Kier alpha value is -0.610. The van der Waals surface area contributed by atoms with Crippen molar-refractivity contribution in [1.82, 2.24) is 4.73 Å². The fraction of sp³-hybridized carbons (Fsp3) is 0.100. The first-order valence-electron chi connectivity index (χ1n) is 4.43. The zero-order valence-electron chi connectivity index (χ0n) is 8.12. The van der Waals surface area contributed by atoms with E-state index in [9.17, 15) is 10.0 Å². The maximum atomic E-state index is 11.7. The molecule has 1 N–H and O–H groups in total. The standard InChI is InChI=1S/C10H5Cl4NO2/c11-8-7(10(12,13)14)5-3-1-2-4-6(5)15(17)9(8)16/h1-4,17H. The Morgan fingerprint density at radius 1 is 1.18 bits per heavy atom. The van der Waals surface area contributed by atoms with Crippen LogP contribution in [0.5, 0.6) is 0 Å². The molecule has 0 saturated carbocycles. The molecule has 0 spiro atoms. The van der Waals surface area contributed by atoms with Gasteiger partial charge in [0.15, 0.2) is 0 Å². The maximum absolute atomic E-state index is 11.7. The Labute approximate surface area is 116 Å². The summed E-state index contributed by atoms with van der Waals surface area (Å²) in [6.07, 6.45) is 0. The normalized spacial score (nSPS) is 12.0. The van der Waals surface area contributed by atoms with Gasteiger partial charge in [-0.15, -0.1) is 4.73 Å². The van der Waals surface area contributed by atoms with Gasteiger partial charge in [0.2, 0.25) is 3.79 Å². The third kappa shape index (κ3) is 2.08. The fourth-order valence-corrected chi connectivity index (χ4v) is 2.63. The number of benzene rings is 1. The molecule has 1 aromatic carbocycles. The van der Waals surface area contributed by atoms with Crippen LogP contribution in [0, 0.1) is 0 Å². The van der Waals surface area contributed by atoms with E-state index >= 15 is 0 Å². The summed E-state index contributed by atoms with van der Waals surface area (Å²) in [5, 5.41) is 9.71. The Bertz CT molecular complexity index is 645. The molecule has 0 unspecified atom stereocenters. The van der Waals surface area contributed by atoms with Gasteiger partial charge in [-0.05, 0) is 6.07 Å². The highest BCUT2D eigenvalue weighted by atomic mass is 35.6. The molecule has 0 radical (unpaired) electrons. The van der Waals surface area contributed by atoms with Crippen LogP contribution in [0.4, 0.5) is 0 Å². The smallest absolute Gasteiger partial charge is 0.302 e. The number of pyridine rings is 1. The van der Waals surface area contributed by atoms with Crippen molar-refractivity contribution in [3.05, 3.63) is 45.2 Å². The van der Waals surface area contributed by atoms with E-state index in [4.69, 9.17) is 46.4 Å². The highest BCUT2D eigenvalue weighted by molar-refractivity contribution is 6.67. The minimum absolute atomic E-state index is 0.0649. The summed E-state index contributed by atoms with van der Waals surface area (Å²) in [7, 11) is 0. The topological polar surface area (TPSA) is 42.2 Å². The number of nitrogens with zero attached hydrogens (tertiary/aromatic N) is 1. The Kier molecular flexibility index (Phi) is 3.21. The molecule has 0 amide bonds. The van der Waals surface area contributed by atoms with Crippen LogP contribution in [0.3, 0.4) is 0 Å². The Morgan fingerprint density at radius 2 is 1.76 bits per heavy atom. The van der Waals surface area contributed by atoms with Gasteiger partial charge in [0.25, 0.3) is 0 Å². The molecule has 2 rings (SSSR count). The molecule has 7 heteroatoms. The van der Waals surface area contributed by atoms with Gasteiger partial charge in [0, 0.05) is 10.9 Å². The number of para-hydroxylation sites is 1. The van der Waals surface area contributed by atoms with Crippen molar-refractivity contribution >= 4 is 57.3 Å². The molecule has 0 aliphatic rings. The lowest BCUT2D eigenvalue weighted by Gasteiger charge is -2.16. The second-order valence-electron chi connectivity index (χ2n) is 3.32. The lowest BCUT2D eigenvalue weighted by Crippen LogP contribution is -2.22. The van der Waals surface area contributed by atoms with Crippen molar-refractivity contribution in [2.45, 2.75) is 3.79 Å². The van der Waals surface area contributed by atoms with Crippen molar-refractivity contribution in [2.24, 2.45) is 0 Å². The number of alkyl halides is 3. The summed E-state index contributed by atoms with van der Waals surface area (Å²) in [6.45, 7) is 0. The van der Waals surface area contributed by atoms with Gasteiger partial charge in [-0.3, -0.25) is 4.79 Å². The van der Waals surface area contributed by atoms with Gasteiger partial charge < -0.3 is 5.21 Å². The number of hydrogen-bond acceptors (Lipinski definition) is 2. The minimum atomic E-state index is -1.84. The predicted octanol–water partition coefficient (Wildman–Crippen LogP) is 3.72. The van der Waals surface area contributed by atoms with Crippen molar-refractivity contribution in [1.29, 1.82) is 0 Å². The number of halogens is 4. The summed E-state index contributed by atoms with van der Waals surface area (Å²) in [6, 6.07) is 6.45. The zero-order chi connectivity index (χ0) is 12.8. The third-order valence-corrected chi connectivity index (χ3v) is 3.20. The molecule has 2 aromatic rings. The summed E-state index contributed by atoms with van der Waals surface area (Å²) < 4.78 is -1.41. The van der Waals surface area contributed by atoms with E-state index < -0.39 is 9.35 Å². The highest BCUT2D eigenvalue weighted by Crippen LogP contribution is 2.43. The van der Waals surface area contributed by atoms with Crippen molar-refractivity contribution < 1.29 is 5.21 Å². The van der Waals surface area contributed by atoms with Crippen LogP contribution >= 0.6 is 46.4 Å². The van der Waals surface area contributed by atoms with Gasteiger partial charge in [-0.1, -0.05) is 64.6 Å². The van der Waals surface area contributed by atoms with Gasteiger partial charge in [0.05, 0.1) is 5.52 Å². The molecular formula is C10H5Cl4NO2. The van der Waals surface area contributed by atoms with Crippen LogP contribution in [0.2, 0.25) is 5.02 Å². The molecule has 0 aliphatic carbocycles. The van der Waals surface area contributed by atoms with Crippen molar-refractivity contribution in [3.63, 3.8) is 0 Å². The number of fused-ring (bicyclic) bond motifs is 1. The Balaban J connectivity index is 3.07. The first-order valence-corrected chi connectivity index (χ1v) is 5.95. The SMILES string of the molecule is O=c1c(Cl)c(C(Cl)(Cl)Cl)c2ccccc2n1O. The van der Waals surface area contributed by atoms with Gasteiger partial charge >= 0.3 is 5.56 Å². The van der Waals surface area contributed by atoms with Crippen LogP contribution in [0.15, 0.2) is 29.1 Å². The van der Waals surface area contributed by atoms with E-state index in [-0.39, 0.29) is 16.1 Å². The van der Waals surface area contributed by atoms with Crippen LogP contribution in [0.25, 0.3) is 10.9 Å². The first kappa shape index (κ1) is 12.8. The van der Waals surface area contributed by atoms with Crippen molar-refractivity contribution in [3.8, 4) is 0 Å². The van der Waals surface area contributed by atoms with Gasteiger partial charge in [0.1, 0.15) is 5.02 Å². The number of rotatable bonds is 0. The second-order valence-corrected chi connectivity index (χ2v) is 5.98. The lowest BCUT2D eigenvalue weighted by molar-refractivity contribution is 0.188. The fourth-order valence-electron chi connectivity index (χ4n) is 1.57. The summed E-state index contributed by atoms with van der Waals surface area (Å²) in [5.74, 6) is 0. The average molecular weight is 313 g/mol. The predicted molar refractivity (Wildman–Crippen MR) is 69.6 cm³/mol. The molecule has 1 aromatic heterocycles. The summed E-state index contributed by atoms with van der Waals surface area (Å²) >= 11 is 23.2. The monoisotopic (exact) mass is 311 g/mol. The quantitative estimate of drug-likeness (QED) is 0.595. The lowest BCUT2D eigenvalue weighted by atomic mass is 10.1. The van der Waals surface area contributed by atoms with Crippen LogP contribution in [-0.4, -0.2) is 9.94 Å². The van der Waals surface area contributed by atoms with Crippen LogP contribution in [-0.2, 0) is 3.79 Å². The highest BCUT2D eigenvalue weighted by Gasteiger charge is 2.31. The van der Waals surface area contributed by atoms with E-state index in [1.54, 1.807) is 18.2 Å². The molecule has 0 fully saturated rings. The van der Waals surface area contributed by atoms with E-state index in [1.165, 1.54) is 6.07 Å². The molecule has 0 bridgehead atoms. The van der Waals surface area contributed by atoms with E-state index in [0.717, 1.165) is 0 Å². The molecule has 0 atom stereocenters. The molecular weight excluding hydrogens is 308 g/mol. The molecule has 3 nitrogen and oxygen atoms in total. The Morgan fingerprint density at radius 3 is 2.35 bits per heavy atom. The molecule has 0 aliphatic heterocycles. The van der Waals surface area contributed by atoms with Gasteiger partial charge in [-0.25, -0.2) is 0 Å². The maximum Gasteiger partial charge on any atom is 0.302 e. The minimum Gasteiger partial charge on any atom is -0.425 e. The first-order chi connectivity index (χ1) is 7.84. The van der Waals surface area contributed by atoms with Crippen molar-refractivity contribution in [2.75, 3.05) is 0 Å². The third-order valence-electron chi connectivity index (χ3n) is 2.28. The van der Waals surface area contributed by atoms with Crippen LogP contribution in [0.1, 0.15) is 5.56 Å². The van der Waals surface area contributed by atoms with E-state index in [1.807, 2.05) is 0 Å². The molecule has 17 heavy (non-hydrogen) atoms. The largest absolute Gasteiger partial charge is 0.425 e. The number of hydrogen-bond donors (Lipinski definition) is 1. The summed E-state index contributed by atoms with van der Waals surface area (Å²) in [4.78, 5) is 11.7. The molecule has 90 valence electrons. The molecule has 0 saturated heterocycles. The van der Waals surface area contributed by atoms with Gasteiger partial charge in [-0.2, -0.15) is 0 Å². The zero-order valence-corrected chi connectivity index (χ0v) is 11.1. The number of aromatic nitrogens is 1. The summed E-state index contributed by atoms with van der Waals surface area (Å²) in [5.41, 5.74) is -0.537. The average Bonchev–Trinajstić information content (AvgIpc) is 2.24. The van der Waals surface area contributed by atoms with Crippen LogP contribution < -0.4 is 5.56 Å². The van der Waals surface area contributed by atoms with E-state index in [0.29, 0.717) is 10.1 Å².